The van der Waals surface area contributed by atoms with Gasteiger partial charge in [-0.2, -0.15) is 0 Å². The van der Waals surface area contributed by atoms with Crippen LogP contribution in [0.1, 0.15) is 17.3 Å². The van der Waals surface area contributed by atoms with E-state index in [2.05, 4.69) is 11.9 Å². The molecule has 0 aliphatic heterocycles. The third kappa shape index (κ3) is 6.21. The highest BCUT2D eigenvalue weighted by Gasteiger charge is 2.12. The highest BCUT2D eigenvalue weighted by molar-refractivity contribution is 5.94. The molecule has 1 aromatic carbocycles. The van der Waals surface area contributed by atoms with Crippen molar-refractivity contribution in [2.75, 3.05) is 26.9 Å². The molecule has 1 rings (SSSR count). The Morgan fingerprint density at radius 2 is 1.96 bits per heavy atom. The lowest BCUT2D eigenvalue weighted by Crippen LogP contribution is -2.29. The third-order valence-electron chi connectivity index (χ3n) is 2.72. The Bertz CT molecular complexity index is 596. The van der Waals surface area contributed by atoms with E-state index in [0.29, 0.717) is 23.6 Å². The van der Waals surface area contributed by atoms with Gasteiger partial charge in [-0.15, -0.1) is 6.58 Å². The second-order valence-electron chi connectivity index (χ2n) is 4.46. The Hall–Kier alpha value is -2.83. The first kappa shape index (κ1) is 18.2. The number of ketones is 1. The van der Waals surface area contributed by atoms with Crippen LogP contribution in [-0.4, -0.2) is 44.5 Å². The number of esters is 1. The molecule has 7 nitrogen and oxygen atoms in total. The van der Waals surface area contributed by atoms with Crippen LogP contribution in [0, 0.1) is 0 Å². The number of hydrogen-bond donors (Lipinski definition) is 1. The fraction of sp³-hybridized carbons (Fsp3) is 0.312. The molecule has 0 unspecified atom stereocenters. The lowest BCUT2D eigenvalue weighted by Gasteiger charge is -2.11. The van der Waals surface area contributed by atoms with Crippen LogP contribution in [0.2, 0.25) is 0 Å². The van der Waals surface area contributed by atoms with Crippen molar-refractivity contribution < 1.29 is 28.6 Å². The van der Waals surface area contributed by atoms with Crippen LogP contribution in [0.25, 0.3) is 0 Å². The van der Waals surface area contributed by atoms with Gasteiger partial charge in [-0.1, -0.05) is 6.08 Å². The fourth-order valence-corrected chi connectivity index (χ4v) is 1.57. The lowest BCUT2D eigenvalue weighted by molar-refractivity contribution is -0.150. The molecule has 0 atom stereocenters. The standard InChI is InChI=1S/C16H19NO6/c1-4-7-17-15(19)9-23-16(20)10-22-13-6-5-12(11(2)18)8-14(13)21-3/h4-6,8H,1,7,9-10H2,2-3H3,(H,17,19). The molecule has 1 amide bonds. The Labute approximate surface area is 134 Å². The highest BCUT2D eigenvalue weighted by Crippen LogP contribution is 2.28. The Morgan fingerprint density at radius 3 is 2.57 bits per heavy atom. The van der Waals surface area contributed by atoms with Crippen LogP contribution in [0.4, 0.5) is 0 Å². The minimum Gasteiger partial charge on any atom is -0.493 e. The summed E-state index contributed by atoms with van der Waals surface area (Å²) < 4.78 is 15.1. The van der Waals surface area contributed by atoms with Crippen LogP contribution < -0.4 is 14.8 Å². The van der Waals surface area contributed by atoms with Gasteiger partial charge in [0.1, 0.15) is 0 Å². The first-order valence-electron chi connectivity index (χ1n) is 6.83. The zero-order valence-electron chi connectivity index (χ0n) is 13.1. The fourth-order valence-electron chi connectivity index (χ4n) is 1.57. The molecule has 0 aliphatic rings. The van der Waals surface area contributed by atoms with Gasteiger partial charge in [0.15, 0.2) is 30.5 Å². The van der Waals surface area contributed by atoms with Gasteiger partial charge < -0.3 is 19.5 Å². The Kier molecular flexibility index (Phi) is 7.32. The molecule has 0 saturated heterocycles. The van der Waals surface area contributed by atoms with Gasteiger partial charge in [-0.05, 0) is 25.1 Å². The van der Waals surface area contributed by atoms with Crippen LogP contribution >= 0.6 is 0 Å². The number of carbonyl (C=O) groups excluding carboxylic acids is 3. The molecule has 0 aliphatic carbocycles. The zero-order valence-corrected chi connectivity index (χ0v) is 13.1. The number of hydrogen-bond acceptors (Lipinski definition) is 6. The predicted octanol–water partition coefficient (Wildman–Crippen LogP) is 1.12. The van der Waals surface area contributed by atoms with Crippen molar-refractivity contribution in [3.05, 3.63) is 36.4 Å². The minimum absolute atomic E-state index is 0.111. The minimum atomic E-state index is -0.698. The van der Waals surface area contributed by atoms with Crippen LogP contribution in [0.3, 0.4) is 0 Å². The molecular formula is C16H19NO6. The van der Waals surface area contributed by atoms with Gasteiger partial charge in [0, 0.05) is 12.1 Å². The van der Waals surface area contributed by atoms with Crippen LogP contribution in [-0.2, 0) is 14.3 Å². The lowest BCUT2D eigenvalue weighted by atomic mass is 10.1. The van der Waals surface area contributed by atoms with Crippen molar-refractivity contribution in [3.8, 4) is 11.5 Å². The average molecular weight is 321 g/mol. The molecule has 0 heterocycles. The average Bonchev–Trinajstić information content (AvgIpc) is 2.55. The predicted molar refractivity (Wildman–Crippen MR) is 82.7 cm³/mol. The van der Waals surface area contributed by atoms with Gasteiger partial charge >= 0.3 is 5.97 Å². The summed E-state index contributed by atoms with van der Waals surface area (Å²) in [5, 5.41) is 2.47. The monoisotopic (exact) mass is 321 g/mol. The second-order valence-corrected chi connectivity index (χ2v) is 4.46. The third-order valence-corrected chi connectivity index (χ3v) is 2.72. The smallest absolute Gasteiger partial charge is 0.344 e. The molecular weight excluding hydrogens is 302 g/mol. The van der Waals surface area contributed by atoms with E-state index in [4.69, 9.17) is 14.2 Å². The normalized spacial score (nSPS) is 9.65. The molecule has 1 aromatic rings. The summed E-state index contributed by atoms with van der Waals surface area (Å²) in [4.78, 5) is 34.1. The molecule has 0 aromatic heterocycles. The van der Waals surface area contributed by atoms with Crippen molar-refractivity contribution >= 4 is 17.7 Å². The van der Waals surface area contributed by atoms with E-state index < -0.39 is 18.5 Å². The number of amides is 1. The number of carbonyl (C=O) groups is 3. The van der Waals surface area contributed by atoms with Crippen LogP contribution in [0.5, 0.6) is 11.5 Å². The number of benzene rings is 1. The topological polar surface area (TPSA) is 90.9 Å². The first-order chi connectivity index (χ1) is 11.0. The number of rotatable bonds is 9. The molecule has 0 spiro atoms. The molecule has 0 bridgehead atoms. The maximum Gasteiger partial charge on any atom is 0.344 e. The molecule has 23 heavy (non-hydrogen) atoms. The van der Waals surface area contributed by atoms with Crippen molar-refractivity contribution in [1.29, 1.82) is 0 Å². The Morgan fingerprint density at radius 1 is 1.22 bits per heavy atom. The van der Waals surface area contributed by atoms with Gasteiger partial charge in [0.25, 0.3) is 5.91 Å². The van der Waals surface area contributed by atoms with E-state index >= 15 is 0 Å². The van der Waals surface area contributed by atoms with E-state index in [9.17, 15) is 14.4 Å². The zero-order chi connectivity index (χ0) is 17.2. The summed E-state index contributed by atoms with van der Waals surface area (Å²) in [5.41, 5.74) is 0.468. The summed E-state index contributed by atoms with van der Waals surface area (Å²) in [6.07, 6.45) is 1.51. The summed E-state index contributed by atoms with van der Waals surface area (Å²) >= 11 is 0. The van der Waals surface area contributed by atoms with Gasteiger partial charge in [-0.3, -0.25) is 9.59 Å². The molecule has 7 heteroatoms. The quantitative estimate of drug-likeness (QED) is 0.416. The van der Waals surface area contributed by atoms with E-state index in [1.165, 1.54) is 32.2 Å². The highest BCUT2D eigenvalue weighted by atomic mass is 16.6. The molecule has 0 radical (unpaired) electrons. The van der Waals surface area contributed by atoms with Crippen molar-refractivity contribution in [1.82, 2.24) is 5.32 Å². The molecule has 124 valence electrons. The number of Topliss-reactive ketones (excluding diaryl/α,β-unsaturated/α-hetero) is 1. The van der Waals surface area contributed by atoms with Crippen molar-refractivity contribution in [2.45, 2.75) is 6.92 Å². The molecule has 0 saturated carbocycles. The maximum atomic E-state index is 11.5. The van der Waals surface area contributed by atoms with Gasteiger partial charge in [0.2, 0.25) is 0 Å². The number of methoxy groups -OCH3 is 1. The summed E-state index contributed by atoms with van der Waals surface area (Å²) in [7, 11) is 1.42. The number of ether oxygens (including phenoxy) is 3. The first-order valence-corrected chi connectivity index (χ1v) is 6.83. The van der Waals surface area contributed by atoms with Gasteiger partial charge in [0.05, 0.1) is 7.11 Å². The molecule has 1 N–H and O–H groups in total. The second kappa shape index (κ2) is 9.24. The SMILES string of the molecule is C=CCNC(=O)COC(=O)COc1ccc(C(C)=O)cc1OC. The summed E-state index contributed by atoms with van der Waals surface area (Å²) in [6, 6.07) is 4.61. The van der Waals surface area contributed by atoms with E-state index in [1.807, 2.05) is 0 Å². The summed E-state index contributed by atoms with van der Waals surface area (Å²) in [6.45, 7) is 4.40. The number of nitrogens with one attached hydrogen (secondary N) is 1. The van der Waals surface area contributed by atoms with Crippen molar-refractivity contribution in [2.24, 2.45) is 0 Å². The summed E-state index contributed by atoms with van der Waals surface area (Å²) in [5.74, 6) is -0.613. The largest absolute Gasteiger partial charge is 0.493 e. The van der Waals surface area contributed by atoms with Crippen molar-refractivity contribution in [3.63, 3.8) is 0 Å². The van der Waals surface area contributed by atoms with Crippen LogP contribution in [0.15, 0.2) is 30.9 Å². The van der Waals surface area contributed by atoms with E-state index in [0.717, 1.165) is 0 Å². The maximum absolute atomic E-state index is 11.5. The molecule has 0 fully saturated rings. The van der Waals surface area contributed by atoms with E-state index in [1.54, 1.807) is 6.07 Å². The van der Waals surface area contributed by atoms with Gasteiger partial charge in [-0.25, -0.2) is 4.79 Å². The Balaban J connectivity index is 2.51. The van der Waals surface area contributed by atoms with E-state index in [-0.39, 0.29) is 12.4 Å².